The van der Waals surface area contributed by atoms with Gasteiger partial charge in [-0.15, -0.1) is 18.3 Å². The van der Waals surface area contributed by atoms with Gasteiger partial charge < -0.3 is 19.6 Å². The van der Waals surface area contributed by atoms with Gasteiger partial charge >= 0.3 is 6.36 Å². The fourth-order valence-electron chi connectivity index (χ4n) is 4.01. The van der Waals surface area contributed by atoms with Crippen molar-refractivity contribution in [2.75, 3.05) is 38.6 Å². The van der Waals surface area contributed by atoms with Crippen molar-refractivity contribution in [3.8, 4) is 22.8 Å². The van der Waals surface area contributed by atoms with Crippen molar-refractivity contribution < 1.29 is 23.0 Å². The second-order valence-corrected chi connectivity index (χ2v) is 8.29. The summed E-state index contributed by atoms with van der Waals surface area (Å²) < 4.78 is 43.4. The molecule has 10 heteroatoms. The highest BCUT2D eigenvalue weighted by molar-refractivity contribution is 5.71. The van der Waals surface area contributed by atoms with Gasteiger partial charge in [0.05, 0.1) is 11.9 Å². The van der Waals surface area contributed by atoms with Crippen molar-refractivity contribution >= 4 is 11.5 Å². The number of nitrogens with zero attached hydrogens (tertiary/aromatic N) is 5. The molecule has 32 heavy (non-hydrogen) atoms. The minimum atomic E-state index is -4.82. The summed E-state index contributed by atoms with van der Waals surface area (Å²) in [5.74, 6) is 0.789. The lowest BCUT2D eigenvalue weighted by atomic mass is 9.94. The number of hydrogen-bond donors (Lipinski definition) is 1. The van der Waals surface area contributed by atoms with E-state index in [1.54, 1.807) is 6.07 Å². The van der Waals surface area contributed by atoms with E-state index in [-0.39, 0.29) is 11.3 Å². The number of alkyl halides is 3. The molecule has 3 aromatic rings. The van der Waals surface area contributed by atoms with E-state index in [2.05, 4.69) is 31.7 Å². The fourth-order valence-corrected chi connectivity index (χ4v) is 4.01. The van der Waals surface area contributed by atoms with Gasteiger partial charge in [0.15, 0.2) is 5.65 Å². The molecule has 1 fully saturated rings. The first-order valence-corrected chi connectivity index (χ1v) is 10.5. The number of hydrogen-bond acceptors (Lipinski definition) is 6. The molecule has 1 N–H and O–H groups in total. The zero-order valence-corrected chi connectivity index (χ0v) is 18.0. The minimum Gasteiger partial charge on any atom is -0.507 e. The van der Waals surface area contributed by atoms with Gasteiger partial charge in [0.25, 0.3) is 0 Å². The standard InChI is InChI=1S/C22H26F3N5O2/c1-28-10-7-15(8-11-28)9-12-29(2)21-6-5-20-26-14-18(30(20)27-21)17-13-16(3-4-19(17)31)32-22(23,24)25/h3-6,13-15,31H,7-12H2,1-2H3. The van der Waals surface area contributed by atoms with Crippen LogP contribution in [0.2, 0.25) is 0 Å². The molecule has 1 aliphatic rings. The van der Waals surface area contributed by atoms with E-state index in [0.29, 0.717) is 23.1 Å². The number of imidazole rings is 1. The molecule has 4 rings (SSSR count). The highest BCUT2D eigenvalue weighted by atomic mass is 19.4. The van der Waals surface area contributed by atoms with Crippen molar-refractivity contribution in [1.29, 1.82) is 0 Å². The van der Waals surface area contributed by atoms with Crippen LogP contribution in [0.3, 0.4) is 0 Å². The Balaban J connectivity index is 1.56. The molecule has 3 heterocycles. The van der Waals surface area contributed by atoms with Gasteiger partial charge in [-0.1, -0.05) is 0 Å². The monoisotopic (exact) mass is 449 g/mol. The van der Waals surface area contributed by atoms with Crippen molar-refractivity contribution in [2.45, 2.75) is 25.6 Å². The summed E-state index contributed by atoms with van der Waals surface area (Å²) in [6.07, 6.45) is 0.0985. The lowest BCUT2D eigenvalue weighted by Crippen LogP contribution is -2.32. The first kappa shape index (κ1) is 22.2. The SMILES string of the molecule is CN1CCC(CCN(C)c2ccc3ncc(-c4cc(OC(F)(F)F)ccc4O)n3n2)CC1. The van der Waals surface area contributed by atoms with Gasteiger partial charge in [-0.25, -0.2) is 9.50 Å². The number of anilines is 1. The largest absolute Gasteiger partial charge is 0.573 e. The van der Waals surface area contributed by atoms with Gasteiger partial charge in [0, 0.05) is 19.2 Å². The molecule has 1 saturated heterocycles. The Bertz CT molecular complexity index is 1080. The summed E-state index contributed by atoms with van der Waals surface area (Å²) in [5.41, 5.74) is 1.04. The molecular formula is C22H26F3N5O2. The first-order valence-electron chi connectivity index (χ1n) is 10.5. The molecule has 172 valence electrons. The molecule has 0 unspecified atom stereocenters. The summed E-state index contributed by atoms with van der Waals surface area (Å²) in [5, 5.41) is 14.9. The van der Waals surface area contributed by atoms with E-state index in [1.165, 1.54) is 23.6 Å². The molecule has 7 nitrogen and oxygen atoms in total. The average Bonchev–Trinajstić information content (AvgIpc) is 3.16. The molecular weight excluding hydrogens is 423 g/mol. The number of halogens is 3. The van der Waals surface area contributed by atoms with Gasteiger partial charge in [0.1, 0.15) is 17.3 Å². The molecule has 0 amide bonds. The molecule has 0 saturated carbocycles. The number of piperidine rings is 1. The molecule has 0 spiro atoms. The van der Waals surface area contributed by atoms with Crippen LogP contribution in [-0.4, -0.2) is 64.7 Å². The Morgan fingerprint density at radius 1 is 1.19 bits per heavy atom. The molecule has 1 aliphatic heterocycles. The van der Waals surface area contributed by atoms with E-state index in [1.807, 2.05) is 13.1 Å². The van der Waals surface area contributed by atoms with Crippen LogP contribution >= 0.6 is 0 Å². The number of phenolic OH excluding ortho intramolecular Hbond substituents is 1. The maximum atomic E-state index is 12.6. The Morgan fingerprint density at radius 2 is 1.94 bits per heavy atom. The summed E-state index contributed by atoms with van der Waals surface area (Å²) in [6.45, 7) is 3.09. The van der Waals surface area contributed by atoms with E-state index in [9.17, 15) is 18.3 Å². The minimum absolute atomic E-state index is 0.151. The lowest BCUT2D eigenvalue weighted by Gasteiger charge is -2.30. The predicted octanol–water partition coefficient (Wildman–Crippen LogP) is 4.17. The highest BCUT2D eigenvalue weighted by Gasteiger charge is 2.31. The summed E-state index contributed by atoms with van der Waals surface area (Å²) in [6, 6.07) is 7.01. The second-order valence-electron chi connectivity index (χ2n) is 8.29. The first-order chi connectivity index (χ1) is 15.2. The fraction of sp³-hybridized carbons (Fsp3) is 0.455. The van der Waals surface area contributed by atoms with Crippen LogP contribution in [0.5, 0.6) is 11.5 Å². The van der Waals surface area contributed by atoms with Crippen LogP contribution in [0.4, 0.5) is 19.0 Å². The number of benzene rings is 1. The van der Waals surface area contributed by atoms with Gasteiger partial charge in [-0.05, 0) is 75.6 Å². The number of aromatic nitrogens is 3. The smallest absolute Gasteiger partial charge is 0.507 e. The third-order valence-corrected chi connectivity index (χ3v) is 5.93. The molecule has 0 bridgehead atoms. The van der Waals surface area contributed by atoms with E-state index in [4.69, 9.17) is 0 Å². The Hall–Kier alpha value is -3.01. The number of aromatic hydroxyl groups is 1. The summed E-state index contributed by atoms with van der Waals surface area (Å²) in [7, 11) is 4.11. The highest BCUT2D eigenvalue weighted by Crippen LogP contribution is 2.35. The molecule has 0 atom stereocenters. The van der Waals surface area contributed by atoms with Crippen molar-refractivity contribution in [3.63, 3.8) is 0 Å². The van der Waals surface area contributed by atoms with Crippen molar-refractivity contribution in [3.05, 3.63) is 36.5 Å². The Labute approximate surface area is 184 Å². The van der Waals surface area contributed by atoms with Crippen molar-refractivity contribution in [2.24, 2.45) is 5.92 Å². The number of rotatable bonds is 6. The van der Waals surface area contributed by atoms with Crippen LogP contribution in [0.25, 0.3) is 16.9 Å². The second kappa shape index (κ2) is 8.85. The molecule has 0 radical (unpaired) electrons. The third kappa shape index (κ3) is 5.07. The van der Waals surface area contributed by atoms with Gasteiger partial charge in [0.2, 0.25) is 0 Å². The van der Waals surface area contributed by atoms with Gasteiger partial charge in [-0.2, -0.15) is 0 Å². The molecule has 1 aromatic carbocycles. The maximum absolute atomic E-state index is 12.6. The normalized spacial score (nSPS) is 15.9. The van der Waals surface area contributed by atoms with Gasteiger partial charge in [-0.3, -0.25) is 0 Å². The molecule has 0 aliphatic carbocycles. The summed E-state index contributed by atoms with van der Waals surface area (Å²) in [4.78, 5) is 8.68. The zero-order chi connectivity index (χ0) is 22.9. The predicted molar refractivity (Wildman–Crippen MR) is 115 cm³/mol. The average molecular weight is 449 g/mol. The Kier molecular flexibility index (Phi) is 6.14. The van der Waals surface area contributed by atoms with Crippen LogP contribution in [0.15, 0.2) is 36.5 Å². The van der Waals surface area contributed by atoms with Crippen molar-refractivity contribution in [1.82, 2.24) is 19.5 Å². The molecule has 2 aromatic heterocycles. The number of likely N-dealkylation sites (tertiary alicyclic amines) is 1. The maximum Gasteiger partial charge on any atom is 0.573 e. The van der Waals surface area contributed by atoms with Crippen LogP contribution < -0.4 is 9.64 Å². The van der Waals surface area contributed by atoms with Crippen LogP contribution in [0.1, 0.15) is 19.3 Å². The quantitative estimate of drug-likeness (QED) is 0.610. The number of ether oxygens (including phenoxy) is 1. The lowest BCUT2D eigenvalue weighted by molar-refractivity contribution is -0.274. The zero-order valence-electron chi connectivity index (χ0n) is 18.0. The topological polar surface area (TPSA) is 66.1 Å². The van der Waals surface area contributed by atoms with E-state index in [0.717, 1.165) is 44.3 Å². The van der Waals surface area contributed by atoms with Crippen LogP contribution in [-0.2, 0) is 0 Å². The number of fused-ring (bicyclic) bond motifs is 1. The van der Waals surface area contributed by atoms with E-state index < -0.39 is 12.1 Å². The third-order valence-electron chi connectivity index (χ3n) is 5.93. The van der Waals surface area contributed by atoms with Crippen LogP contribution in [0, 0.1) is 5.92 Å². The number of phenols is 1. The Morgan fingerprint density at radius 3 is 2.66 bits per heavy atom. The summed E-state index contributed by atoms with van der Waals surface area (Å²) >= 11 is 0. The van der Waals surface area contributed by atoms with E-state index >= 15 is 0 Å².